The lowest BCUT2D eigenvalue weighted by atomic mass is 9.89. The first-order valence-corrected chi connectivity index (χ1v) is 12.6. The highest BCUT2D eigenvalue weighted by Crippen LogP contribution is 2.24. The quantitative estimate of drug-likeness (QED) is 0.599. The molecule has 1 unspecified atom stereocenters. The third-order valence-corrected chi connectivity index (χ3v) is 7.09. The third-order valence-electron chi connectivity index (χ3n) is 6.84. The van der Waals surface area contributed by atoms with Crippen molar-refractivity contribution in [2.75, 3.05) is 25.0 Å². The number of hydrogen-bond donors (Lipinski definition) is 2. The molecule has 180 valence electrons. The first-order valence-electron chi connectivity index (χ1n) is 12.2. The van der Waals surface area contributed by atoms with E-state index in [9.17, 15) is 14.4 Å². The Hall–Kier alpha value is -2.86. The Kier molecular flexibility index (Phi) is 8.22. The fraction of sp³-hybridized carbons (Fsp3) is 0.444. The molecule has 6 nitrogen and oxygen atoms in total. The van der Waals surface area contributed by atoms with Crippen molar-refractivity contribution in [1.29, 1.82) is 0 Å². The number of likely N-dealkylation sites (tertiary alicyclic amines) is 1. The summed E-state index contributed by atoms with van der Waals surface area (Å²) in [5, 5.41) is 6.53. The van der Waals surface area contributed by atoms with Gasteiger partial charge in [-0.25, -0.2) is 0 Å². The molecule has 2 aliphatic rings. The second-order valence-corrected chi connectivity index (χ2v) is 9.82. The van der Waals surface area contributed by atoms with Crippen molar-refractivity contribution >= 4 is 35.0 Å². The van der Waals surface area contributed by atoms with E-state index in [-0.39, 0.29) is 23.6 Å². The second kappa shape index (κ2) is 11.5. The zero-order valence-electron chi connectivity index (χ0n) is 19.4. The van der Waals surface area contributed by atoms with Crippen LogP contribution in [0.15, 0.2) is 48.5 Å². The fourth-order valence-electron chi connectivity index (χ4n) is 4.87. The molecule has 1 saturated carbocycles. The van der Waals surface area contributed by atoms with Crippen molar-refractivity contribution in [3.8, 4) is 0 Å². The number of rotatable bonds is 6. The van der Waals surface area contributed by atoms with Crippen LogP contribution >= 0.6 is 11.6 Å². The molecule has 4 rings (SSSR count). The molecule has 1 atom stereocenters. The SMILES string of the molecule is O=C(Nc1cccc(C(=O)N2CCCC(C(=O)NCC3CCCCC3)C2)c1)c1ccc(Cl)cc1. The Morgan fingerprint density at radius 3 is 2.44 bits per heavy atom. The van der Waals surface area contributed by atoms with Crippen molar-refractivity contribution in [3.63, 3.8) is 0 Å². The molecule has 2 aromatic rings. The summed E-state index contributed by atoms with van der Waals surface area (Å²) in [6.07, 6.45) is 7.81. The van der Waals surface area contributed by atoms with E-state index in [2.05, 4.69) is 10.6 Å². The zero-order valence-corrected chi connectivity index (χ0v) is 20.2. The number of carbonyl (C=O) groups excluding carboxylic acids is 3. The van der Waals surface area contributed by atoms with Gasteiger partial charge in [0.2, 0.25) is 5.91 Å². The Balaban J connectivity index is 1.34. The van der Waals surface area contributed by atoms with Gasteiger partial charge in [0.25, 0.3) is 11.8 Å². The van der Waals surface area contributed by atoms with Crippen molar-refractivity contribution < 1.29 is 14.4 Å². The van der Waals surface area contributed by atoms with Gasteiger partial charge >= 0.3 is 0 Å². The zero-order chi connectivity index (χ0) is 23.9. The summed E-state index contributed by atoms with van der Waals surface area (Å²) in [7, 11) is 0. The number of carbonyl (C=O) groups is 3. The molecule has 2 aromatic carbocycles. The summed E-state index contributed by atoms with van der Waals surface area (Å²) in [5.74, 6) is 0.0901. The Labute approximate surface area is 206 Å². The maximum absolute atomic E-state index is 13.2. The average Bonchev–Trinajstić information content (AvgIpc) is 2.88. The van der Waals surface area contributed by atoms with Gasteiger partial charge in [-0.15, -0.1) is 0 Å². The maximum atomic E-state index is 13.2. The minimum absolute atomic E-state index is 0.0621. The van der Waals surface area contributed by atoms with E-state index in [4.69, 9.17) is 11.6 Å². The van der Waals surface area contributed by atoms with Crippen LogP contribution in [0, 0.1) is 11.8 Å². The number of nitrogens with zero attached hydrogens (tertiary/aromatic N) is 1. The topological polar surface area (TPSA) is 78.5 Å². The van der Waals surface area contributed by atoms with Crippen molar-refractivity contribution in [3.05, 3.63) is 64.7 Å². The van der Waals surface area contributed by atoms with Crippen molar-refractivity contribution in [1.82, 2.24) is 10.2 Å². The molecule has 7 heteroatoms. The summed E-state index contributed by atoms with van der Waals surface area (Å²) < 4.78 is 0. The van der Waals surface area contributed by atoms with Crippen LogP contribution in [0.1, 0.15) is 65.7 Å². The summed E-state index contributed by atoms with van der Waals surface area (Å²) in [4.78, 5) is 40.2. The maximum Gasteiger partial charge on any atom is 0.255 e. The van der Waals surface area contributed by atoms with E-state index < -0.39 is 0 Å². The van der Waals surface area contributed by atoms with Gasteiger partial charge in [-0.1, -0.05) is 36.9 Å². The third kappa shape index (κ3) is 6.38. The molecule has 34 heavy (non-hydrogen) atoms. The molecule has 3 amide bonds. The van der Waals surface area contributed by atoms with Crippen LogP contribution in [0.2, 0.25) is 5.02 Å². The molecule has 2 N–H and O–H groups in total. The van der Waals surface area contributed by atoms with Crippen LogP contribution in [0.4, 0.5) is 5.69 Å². The fourth-order valence-corrected chi connectivity index (χ4v) is 5.00. The first-order chi connectivity index (χ1) is 16.5. The molecule has 1 saturated heterocycles. The second-order valence-electron chi connectivity index (χ2n) is 9.38. The number of nitrogens with one attached hydrogen (secondary N) is 2. The summed E-state index contributed by atoms with van der Waals surface area (Å²) in [6, 6.07) is 13.6. The predicted molar refractivity (Wildman–Crippen MR) is 134 cm³/mol. The van der Waals surface area contributed by atoms with E-state index >= 15 is 0 Å². The van der Waals surface area contributed by atoms with Gasteiger partial charge in [-0.2, -0.15) is 0 Å². The van der Waals surface area contributed by atoms with Crippen LogP contribution in [0.3, 0.4) is 0 Å². The van der Waals surface area contributed by atoms with Gasteiger partial charge in [0, 0.05) is 41.5 Å². The number of hydrogen-bond acceptors (Lipinski definition) is 3. The highest BCUT2D eigenvalue weighted by molar-refractivity contribution is 6.30. The van der Waals surface area contributed by atoms with Gasteiger partial charge in [-0.05, 0) is 74.1 Å². The van der Waals surface area contributed by atoms with Crippen molar-refractivity contribution in [2.45, 2.75) is 44.9 Å². The number of piperidine rings is 1. The van der Waals surface area contributed by atoms with E-state index in [0.717, 1.165) is 19.4 Å². The Morgan fingerprint density at radius 2 is 1.68 bits per heavy atom. The molecular weight excluding hydrogens is 450 g/mol. The van der Waals surface area contributed by atoms with E-state index in [0.29, 0.717) is 40.8 Å². The van der Waals surface area contributed by atoms with Gasteiger partial charge in [0.15, 0.2) is 0 Å². The molecule has 1 aliphatic heterocycles. The molecule has 1 aliphatic carbocycles. The van der Waals surface area contributed by atoms with Crippen LogP contribution in [0.5, 0.6) is 0 Å². The molecule has 0 spiro atoms. The van der Waals surface area contributed by atoms with E-state index in [1.54, 1.807) is 53.4 Å². The molecule has 0 aromatic heterocycles. The number of amides is 3. The molecule has 1 heterocycles. The van der Waals surface area contributed by atoms with Gasteiger partial charge in [0.1, 0.15) is 0 Å². The lowest BCUT2D eigenvalue weighted by Crippen LogP contribution is -2.46. The van der Waals surface area contributed by atoms with Gasteiger partial charge < -0.3 is 15.5 Å². The summed E-state index contributed by atoms with van der Waals surface area (Å²) >= 11 is 5.89. The standard InChI is InChI=1S/C27H32ClN3O3/c28-23-13-11-20(12-14-23)26(33)30-24-10-4-8-21(16-24)27(34)31-15-5-9-22(18-31)25(32)29-17-19-6-2-1-3-7-19/h4,8,10-14,16,19,22H,1-3,5-7,9,15,17-18H2,(H,29,32)(H,30,33). The number of anilines is 1. The summed E-state index contributed by atoms with van der Waals surface area (Å²) in [5.41, 5.74) is 1.53. The highest BCUT2D eigenvalue weighted by atomic mass is 35.5. The average molecular weight is 482 g/mol. The predicted octanol–water partition coefficient (Wildman–Crippen LogP) is 5.14. The monoisotopic (exact) mass is 481 g/mol. The first kappa shape index (κ1) is 24.3. The highest BCUT2D eigenvalue weighted by Gasteiger charge is 2.29. The minimum atomic E-state index is -0.270. The Bertz CT molecular complexity index is 1020. The van der Waals surface area contributed by atoms with Crippen LogP contribution in [-0.4, -0.2) is 42.3 Å². The largest absolute Gasteiger partial charge is 0.356 e. The van der Waals surface area contributed by atoms with Gasteiger partial charge in [-0.3, -0.25) is 14.4 Å². The molecular formula is C27H32ClN3O3. The molecule has 0 radical (unpaired) electrons. The number of benzene rings is 2. The normalized spacial score (nSPS) is 18.9. The minimum Gasteiger partial charge on any atom is -0.356 e. The van der Waals surface area contributed by atoms with Crippen LogP contribution < -0.4 is 10.6 Å². The Morgan fingerprint density at radius 1 is 0.912 bits per heavy atom. The lowest BCUT2D eigenvalue weighted by molar-refractivity contribution is -0.126. The van der Waals surface area contributed by atoms with E-state index in [1.807, 2.05) is 0 Å². The number of halogens is 1. The van der Waals surface area contributed by atoms with Gasteiger partial charge in [0.05, 0.1) is 5.92 Å². The van der Waals surface area contributed by atoms with E-state index in [1.165, 1.54) is 32.1 Å². The van der Waals surface area contributed by atoms with Crippen LogP contribution in [-0.2, 0) is 4.79 Å². The lowest BCUT2D eigenvalue weighted by Gasteiger charge is -2.32. The smallest absolute Gasteiger partial charge is 0.255 e. The molecule has 0 bridgehead atoms. The van der Waals surface area contributed by atoms with Crippen molar-refractivity contribution in [2.24, 2.45) is 11.8 Å². The van der Waals surface area contributed by atoms with Crippen LogP contribution in [0.25, 0.3) is 0 Å². The summed E-state index contributed by atoms with van der Waals surface area (Å²) in [6.45, 7) is 1.81. The molecule has 2 fully saturated rings.